The zero-order chi connectivity index (χ0) is 14.3. The summed E-state index contributed by atoms with van der Waals surface area (Å²) in [7, 11) is 0. The van der Waals surface area contributed by atoms with Crippen molar-refractivity contribution < 1.29 is 9.13 Å². The SMILES string of the molecule is Cc1cc(Cl)cc2c1OC(c1ccc(F)cc1Br)CN2. The van der Waals surface area contributed by atoms with Crippen molar-refractivity contribution in [1.29, 1.82) is 0 Å². The molecule has 5 heteroatoms. The first-order valence-electron chi connectivity index (χ1n) is 6.20. The van der Waals surface area contributed by atoms with Gasteiger partial charge in [-0.25, -0.2) is 4.39 Å². The molecule has 1 N–H and O–H groups in total. The Morgan fingerprint density at radius 2 is 2.15 bits per heavy atom. The first kappa shape index (κ1) is 13.7. The number of anilines is 1. The van der Waals surface area contributed by atoms with Gasteiger partial charge in [-0.2, -0.15) is 0 Å². The fraction of sp³-hybridized carbons (Fsp3) is 0.200. The van der Waals surface area contributed by atoms with Crippen molar-refractivity contribution in [2.75, 3.05) is 11.9 Å². The molecule has 0 aliphatic carbocycles. The van der Waals surface area contributed by atoms with Gasteiger partial charge in [0.2, 0.25) is 0 Å². The highest BCUT2D eigenvalue weighted by Crippen LogP contribution is 2.40. The van der Waals surface area contributed by atoms with Gasteiger partial charge in [-0.1, -0.05) is 33.6 Å². The molecule has 0 radical (unpaired) electrons. The molecule has 1 unspecified atom stereocenters. The molecule has 2 aromatic rings. The Kier molecular flexibility index (Phi) is 3.61. The third kappa shape index (κ3) is 2.50. The second-order valence-corrected chi connectivity index (χ2v) is 6.04. The van der Waals surface area contributed by atoms with E-state index in [1.807, 2.05) is 19.1 Å². The lowest BCUT2D eigenvalue weighted by Crippen LogP contribution is -2.24. The lowest BCUT2D eigenvalue weighted by atomic mass is 10.1. The van der Waals surface area contributed by atoms with Crippen LogP contribution in [0.5, 0.6) is 5.75 Å². The van der Waals surface area contributed by atoms with Crippen molar-refractivity contribution >= 4 is 33.2 Å². The van der Waals surface area contributed by atoms with Crippen LogP contribution < -0.4 is 10.1 Å². The van der Waals surface area contributed by atoms with Gasteiger partial charge >= 0.3 is 0 Å². The summed E-state index contributed by atoms with van der Waals surface area (Å²) in [5.74, 6) is 0.523. The van der Waals surface area contributed by atoms with E-state index in [2.05, 4.69) is 21.2 Å². The summed E-state index contributed by atoms with van der Waals surface area (Å²) in [6.07, 6.45) is -0.169. The first-order chi connectivity index (χ1) is 9.54. The quantitative estimate of drug-likeness (QED) is 0.768. The summed E-state index contributed by atoms with van der Waals surface area (Å²) >= 11 is 9.42. The summed E-state index contributed by atoms with van der Waals surface area (Å²) in [5.41, 5.74) is 2.78. The first-order valence-corrected chi connectivity index (χ1v) is 7.37. The number of benzene rings is 2. The van der Waals surface area contributed by atoms with Crippen LogP contribution in [0, 0.1) is 12.7 Å². The molecule has 0 fully saturated rings. The maximum absolute atomic E-state index is 13.2. The van der Waals surface area contributed by atoms with Crippen LogP contribution in [0.2, 0.25) is 5.02 Å². The fourth-order valence-corrected chi connectivity index (χ4v) is 3.22. The standard InChI is InChI=1S/C15H12BrClFNO/c1-8-4-9(17)5-13-15(8)20-14(7-19-13)11-3-2-10(18)6-12(11)16/h2-6,14,19H,7H2,1H3. The molecular weight excluding hydrogens is 345 g/mol. The molecule has 0 bridgehead atoms. The summed E-state index contributed by atoms with van der Waals surface area (Å²) in [6, 6.07) is 8.34. The number of nitrogens with one attached hydrogen (secondary N) is 1. The number of fused-ring (bicyclic) bond motifs is 1. The Bertz CT molecular complexity index is 677. The van der Waals surface area contributed by atoms with Gasteiger partial charge in [-0.3, -0.25) is 0 Å². The van der Waals surface area contributed by atoms with Gasteiger partial charge in [0.25, 0.3) is 0 Å². The van der Waals surface area contributed by atoms with Crippen LogP contribution >= 0.6 is 27.5 Å². The molecule has 0 spiro atoms. The maximum atomic E-state index is 13.2. The highest BCUT2D eigenvalue weighted by molar-refractivity contribution is 9.10. The highest BCUT2D eigenvalue weighted by atomic mass is 79.9. The minimum atomic E-state index is -0.271. The van der Waals surface area contributed by atoms with E-state index < -0.39 is 0 Å². The highest BCUT2D eigenvalue weighted by Gasteiger charge is 2.24. The van der Waals surface area contributed by atoms with Crippen molar-refractivity contribution in [3.8, 4) is 5.75 Å². The molecule has 1 heterocycles. The molecule has 0 saturated carbocycles. The minimum absolute atomic E-state index is 0.169. The number of aryl methyl sites for hydroxylation is 1. The Morgan fingerprint density at radius 3 is 2.90 bits per heavy atom. The lowest BCUT2D eigenvalue weighted by Gasteiger charge is -2.29. The summed E-state index contributed by atoms with van der Waals surface area (Å²) in [6.45, 7) is 2.56. The summed E-state index contributed by atoms with van der Waals surface area (Å²) in [5, 5.41) is 3.99. The molecular formula is C15H12BrClFNO. The number of halogens is 3. The van der Waals surface area contributed by atoms with Gasteiger partial charge < -0.3 is 10.1 Å². The molecule has 1 atom stereocenters. The molecule has 20 heavy (non-hydrogen) atoms. The third-order valence-corrected chi connectivity index (χ3v) is 4.19. The van der Waals surface area contributed by atoms with Gasteiger partial charge in [0.05, 0.1) is 12.2 Å². The second kappa shape index (κ2) is 5.26. The van der Waals surface area contributed by atoms with Gasteiger partial charge in [0, 0.05) is 15.1 Å². The lowest BCUT2D eigenvalue weighted by molar-refractivity contribution is 0.208. The van der Waals surface area contributed by atoms with Crippen molar-refractivity contribution in [3.05, 3.63) is 56.8 Å². The molecule has 3 rings (SSSR count). The zero-order valence-corrected chi connectivity index (χ0v) is 13.1. The van der Waals surface area contributed by atoms with E-state index in [4.69, 9.17) is 16.3 Å². The van der Waals surface area contributed by atoms with E-state index in [-0.39, 0.29) is 11.9 Å². The predicted molar refractivity (Wildman–Crippen MR) is 82.1 cm³/mol. The topological polar surface area (TPSA) is 21.3 Å². The van der Waals surface area contributed by atoms with Crippen LogP contribution in [0.15, 0.2) is 34.8 Å². The molecule has 2 aromatic carbocycles. The van der Waals surface area contributed by atoms with Gasteiger partial charge in [0.15, 0.2) is 0 Å². The predicted octanol–water partition coefficient (Wildman–Crippen LogP) is 5.10. The van der Waals surface area contributed by atoms with Crippen LogP contribution in [0.3, 0.4) is 0 Å². The van der Waals surface area contributed by atoms with Crippen LogP contribution in [0.4, 0.5) is 10.1 Å². The van der Waals surface area contributed by atoms with Crippen molar-refractivity contribution in [1.82, 2.24) is 0 Å². The van der Waals surface area contributed by atoms with E-state index >= 15 is 0 Å². The van der Waals surface area contributed by atoms with Crippen molar-refractivity contribution in [2.24, 2.45) is 0 Å². The molecule has 0 saturated heterocycles. The molecule has 0 amide bonds. The van der Waals surface area contributed by atoms with E-state index in [9.17, 15) is 4.39 Å². The van der Waals surface area contributed by atoms with E-state index in [1.165, 1.54) is 12.1 Å². The van der Waals surface area contributed by atoms with E-state index in [1.54, 1.807) is 6.07 Å². The Morgan fingerprint density at radius 1 is 1.35 bits per heavy atom. The zero-order valence-electron chi connectivity index (χ0n) is 10.7. The average molecular weight is 357 g/mol. The Hall–Kier alpha value is -1.26. The maximum Gasteiger partial charge on any atom is 0.146 e. The fourth-order valence-electron chi connectivity index (χ4n) is 2.34. The molecule has 2 nitrogen and oxygen atoms in total. The Labute approximate surface area is 130 Å². The van der Waals surface area contributed by atoms with Crippen LogP contribution in [0.25, 0.3) is 0 Å². The largest absolute Gasteiger partial charge is 0.481 e. The van der Waals surface area contributed by atoms with Crippen LogP contribution in [0.1, 0.15) is 17.2 Å². The summed E-state index contributed by atoms with van der Waals surface area (Å²) in [4.78, 5) is 0. The average Bonchev–Trinajstić information content (AvgIpc) is 2.38. The second-order valence-electron chi connectivity index (χ2n) is 4.75. The van der Waals surface area contributed by atoms with Crippen LogP contribution in [-0.2, 0) is 0 Å². The Balaban J connectivity index is 1.96. The monoisotopic (exact) mass is 355 g/mol. The normalized spacial score (nSPS) is 17.1. The van der Waals surface area contributed by atoms with Crippen molar-refractivity contribution in [3.63, 3.8) is 0 Å². The van der Waals surface area contributed by atoms with Gasteiger partial charge in [-0.15, -0.1) is 0 Å². The van der Waals surface area contributed by atoms with Crippen molar-refractivity contribution in [2.45, 2.75) is 13.0 Å². The van der Waals surface area contributed by atoms with Gasteiger partial charge in [-0.05, 0) is 36.8 Å². The molecule has 104 valence electrons. The minimum Gasteiger partial charge on any atom is -0.481 e. The number of hydrogen-bond acceptors (Lipinski definition) is 2. The smallest absolute Gasteiger partial charge is 0.146 e. The van der Waals surface area contributed by atoms with E-state index in [0.717, 1.165) is 22.6 Å². The van der Waals surface area contributed by atoms with Gasteiger partial charge in [0.1, 0.15) is 17.7 Å². The molecule has 1 aliphatic heterocycles. The van der Waals surface area contributed by atoms with Crippen LogP contribution in [-0.4, -0.2) is 6.54 Å². The molecule has 1 aliphatic rings. The molecule has 0 aromatic heterocycles. The summed E-state index contributed by atoms with van der Waals surface area (Å²) < 4.78 is 19.9. The number of ether oxygens (including phenoxy) is 1. The number of rotatable bonds is 1. The number of hydrogen-bond donors (Lipinski definition) is 1. The third-order valence-electron chi connectivity index (χ3n) is 3.29. The van der Waals surface area contributed by atoms with E-state index in [0.29, 0.717) is 16.0 Å².